The molecule has 0 aliphatic heterocycles. The average Bonchev–Trinajstić information content (AvgIpc) is 3.44. The number of benzene rings is 2. The summed E-state index contributed by atoms with van der Waals surface area (Å²) in [5.74, 6) is 0.632. The Morgan fingerprint density at radius 2 is 1.84 bits per heavy atom. The van der Waals surface area contributed by atoms with Gasteiger partial charge in [0.15, 0.2) is 0 Å². The summed E-state index contributed by atoms with van der Waals surface area (Å²) in [5.41, 5.74) is 5.87. The number of anilines is 1. The van der Waals surface area contributed by atoms with Crippen LogP contribution in [0.5, 0.6) is 11.5 Å². The molecule has 5 rings (SSSR count). The molecule has 0 amide bonds. The Balaban J connectivity index is 1.18. The molecule has 0 spiro atoms. The normalized spacial score (nSPS) is 16.7. The van der Waals surface area contributed by atoms with Crippen LogP contribution in [0.2, 0.25) is 0 Å². The van der Waals surface area contributed by atoms with Gasteiger partial charge in [-0.3, -0.25) is 15.6 Å². The van der Waals surface area contributed by atoms with E-state index in [0.29, 0.717) is 55.4 Å². The highest BCUT2D eigenvalue weighted by Gasteiger charge is 2.45. The van der Waals surface area contributed by atoms with Crippen LogP contribution in [0.3, 0.4) is 0 Å². The molecule has 8 heteroatoms. The second kappa shape index (κ2) is 11.5. The molecule has 0 unspecified atom stereocenters. The van der Waals surface area contributed by atoms with Gasteiger partial charge in [0, 0.05) is 11.3 Å². The van der Waals surface area contributed by atoms with Crippen molar-refractivity contribution >= 4 is 34.4 Å². The van der Waals surface area contributed by atoms with E-state index in [1.807, 2.05) is 66.1 Å². The van der Waals surface area contributed by atoms with Gasteiger partial charge >= 0.3 is 5.97 Å². The van der Waals surface area contributed by atoms with Crippen LogP contribution in [0.1, 0.15) is 31.2 Å². The summed E-state index contributed by atoms with van der Waals surface area (Å²) in [4.78, 5) is 12.9. The van der Waals surface area contributed by atoms with Gasteiger partial charge in [-0.1, -0.05) is 36.8 Å². The number of hydrogen-bond donors (Lipinski definition) is 3. The van der Waals surface area contributed by atoms with Crippen molar-refractivity contribution in [1.82, 2.24) is 0 Å². The molecule has 3 aromatic rings. The third-order valence-corrected chi connectivity index (χ3v) is 7.74. The highest BCUT2D eigenvalue weighted by molar-refractivity contribution is 7.13. The highest BCUT2D eigenvalue weighted by atomic mass is 32.1. The first-order valence-corrected chi connectivity index (χ1v) is 13.5. The van der Waals surface area contributed by atoms with Gasteiger partial charge in [-0.15, -0.1) is 11.3 Å². The van der Waals surface area contributed by atoms with Crippen molar-refractivity contribution in [3.05, 3.63) is 89.8 Å². The first-order chi connectivity index (χ1) is 18.5. The van der Waals surface area contributed by atoms with E-state index in [-0.39, 0.29) is 0 Å². The molecule has 1 fully saturated rings. The number of ether oxygens (including phenoxy) is 2. The fourth-order valence-electron chi connectivity index (χ4n) is 4.49. The molecule has 1 aromatic heterocycles. The van der Waals surface area contributed by atoms with Crippen LogP contribution in [-0.2, 0) is 10.2 Å². The molecular formula is C30H29N3O4S. The van der Waals surface area contributed by atoms with Crippen LogP contribution >= 0.6 is 11.3 Å². The number of thiophene rings is 1. The van der Waals surface area contributed by atoms with Crippen molar-refractivity contribution in [1.29, 1.82) is 5.41 Å². The number of carboxylic acids is 1. The SMILES string of the molecule is N=C1C=CC=C/C1=N/Nc1cc(-c2cccs2)ccc1OCCCOc1ccc(C2(C(=O)O)CCC2)cc1. The summed E-state index contributed by atoms with van der Waals surface area (Å²) in [5, 5.41) is 24.1. The molecule has 3 N–H and O–H groups in total. The third-order valence-electron chi connectivity index (χ3n) is 6.82. The number of carboxylic acid groups (broad SMARTS) is 1. The van der Waals surface area contributed by atoms with Gasteiger partial charge < -0.3 is 14.6 Å². The zero-order valence-electron chi connectivity index (χ0n) is 20.9. The van der Waals surface area contributed by atoms with E-state index < -0.39 is 11.4 Å². The van der Waals surface area contributed by atoms with Gasteiger partial charge in [0.2, 0.25) is 0 Å². The second-order valence-electron chi connectivity index (χ2n) is 9.24. The molecule has 1 saturated carbocycles. The lowest BCUT2D eigenvalue weighted by Gasteiger charge is -2.38. The van der Waals surface area contributed by atoms with Crippen molar-refractivity contribution < 1.29 is 19.4 Å². The molecule has 7 nitrogen and oxygen atoms in total. The fourth-order valence-corrected chi connectivity index (χ4v) is 5.21. The first-order valence-electron chi connectivity index (χ1n) is 12.6. The van der Waals surface area contributed by atoms with Crippen LogP contribution in [0, 0.1) is 5.41 Å². The average molecular weight is 528 g/mol. The molecule has 0 bridgehead atoms. The molecular weight excluding hydrogens is 498 g/mol. The second-order valence-corrected chi connectivity index (χ2v) is 10.2. The monoisotopic (exact) mass is 527 g/mol. The maximum atomic E-state index is 11.7. The van der Waals surface area contributed by atoms with Crippen molar-refractivity contribution in [2.45, 2.75) is 31.1 Å². The summed E-state index contributed by atoms with van der Waals surface area (Å²) in [7, 11) is 0. The number of nitrogens with one attached hydrogen (secondary N) is 2. The van der Waals surface area contributed by atoms with E-state index in [2.05, 4.69) is 16.6 Å². The molecule has 2 aliphatic rings. The fraction of sp³-hybridized carbons (Fsp3) is 0.233. The number of aliphatic carboxylic acids is 1. The van der Waals surface area contributed by atoms with E-state index in [9.17, 15) is 9.90 Å². The lowest BCUT2D eigenvalue weighted by molar-refractivity contribution is -0.147. The maximum absolute atomic E-state index is 11.7. The molecule has 1 heterocycles. The van der Waals surface area contributed by atoms with E-state index >= 15 is 0 Å². The van der Waals surface area contributed by atoms with Crippen LogP contribution in [0.4, 0.5) is 5.69 Å². The lowest BCUT2D eigenvalue weighted by Crippen LogP contribution is -2.42. The van der Waals surface area contributed by atoms with Crippen molar-refractivity contribution in [3.8, 4) is 21.9 Å². The highest BCUT2D eigenvalue weighted by Crippen LogP contribution is 2.44. The standard InChI is InChI=1S/C30H29N3O4S/c31-24-6-1-2-7-25(24)32-33-26-20-21(28-8-3-19-38-28)9-14-27(26)37-18-5-17-36-23-12-10-22(11-13-23)30(29(34)35)15-4-16-30/h1-3,6-14,19-20,31,33H,4-5,15-18H2,(H,34,35)/b31-24?,32-25-. The first kappa shape index (κ1) is 25.5. The van der Waals surface area contributed by atoms with Crippen LogP contribution in [-0.4, -0.2) is 35.7 Å². The molecule has 0 radical (unpaired) electrons. The van der Waals surface area contributed by atoms with Gasteiger partial charge in [0.05, 0.1) is 30.0 Å². The molecule has 0 atom stereocenters. The smallest absolute Gasteiger partial charge is 0.314 e. The third kappa shape index (κ3) is 5.55. The Morgan fingerprint density at radius 1 is 1.05 bits per heavy atom. The molecule has 2 aromatic carbocycles. The summed E-state index contributed by atoms with van der Waals surface area (Å²) < 4.78 is 11.9. The lowest BCUT2D eigenvalue weighted by atomic mass is 9.64. The molecule has 0 saturated heterocycles. The number of hydrazone groups is 1. The van der Waals surface area contributed by atoms with Crippen molar-refractivity contribution in [2.24, 2.45) is 5.10 Å². The Hall–Kier alpha value is -4.17. The Bertz CT molecular complexity index is 1390. The van der Waals surface area contributed by atoms with Crippen molar-refractivity contribution in [2.75, 3.05) is 18.6 Å². The van der Waals surface area contributed by atoms with Gasteiger partial charge in [-0.25, -0.2) is 0 Å². The van der Waals surface area contributed by atoms with Crippen LogP contribution in [0.15, 0.2) is 89.4 Å². The summed E-state index contributed by atoms with van der Waals surface area (Å²) in [6.07, 6.45) is 10.1. The van der Waals surface area contributed by atoms with Gasteiger partial charge in [0.25, 0.3) is 0 Å². The minimum Gasteiger partial charge on any atom is -0.493 e. The summed E-state index contributed by atoms with van der Waals surface area (Å²) in [6.45, 7) is 0.915. The van der Waals surface area contributed by atoms with Crippen molar-refractivity contribution in [3.63, 3.8) is 0 Å². The summed E-state index contributed by atoms with van der Waals surface area (Å²) >= 11 is 1.66. The number of rotatable bonds is 11. The number of hydrogen-bond acceptors (Lipinski definition) is 7. The Morgan fingerprint density at radius 3 is 2.53 bits per heavy atom. The molecule has 194 valence electrons. The van der Waals surface area contributed by atoms with E-state index in [1.54, 1.807) is 23.5 Å². The van der Waals surface area contributed by atoms with E-state index in [0.717, 1.165) is 28.1 Å². The van der Waals surface area contributed by atoms with Gasteiger partial charge in [0.1, 0.15) is 17.2 Å². The Kier molecular flexibility index (Phi) is 7.70. The molecule has 38 heavy (non-hydrogen) atoms. The molecule has 2 aliphatic carbocycles. The summed E-state index contributed by atoms with van der Waals surface area (Å²) in [6, 6.07) is 17.5. The van der Waals surface area contributed by atoms with Gasteiger partial charge in [-0.05, 0) is 77.9 Å². The van der Waals surface area contributed by atoms with E-state index in [4.69, 9.17) is 14.9 Å². The largest absolute Gasteiger partial charge is 0.493 e. The van der Waals surface area contributed by atoms with Crippen LogP contribution in [0.25, 0.3) is 10.4 Å². The zero-order chi connectivity index (χ0) is 26.4. The van der Waals surface area contributed by atoms with Crippen LogP contribution < -0.4 is 14.9 Å². The quantitative estimate of drug-likeness (QED) is 0.147. The number of nitrogens with zero attached hydrogens (tertiary/aromatic N) is 1. The predicted molar refractivity (Wildman–Crippen MR) is 152 cm³/mol. The topological polar surface area (TPSA) is 104 Å². The minimum atomic E-state index is -0.747. The number of carbonyl (C=O) groups is 1. The van der Waals surface area contributed by atoms with Gasteiger partial charge in [-0.2, -0.15) is 5.10 Å². The zero-order valence-corrected chi connectivity index (χ0v) is 21.7. The maximum Gasteiger partial charge on any atom is 0.314 e. The Labute approximate surface area is 225 Å². The predicted octanol–water partition coefficient (Wildman–Crippen LogP) is 6.68. The number of allylic oxidation sites excluding steroid dienone is 4. The van der Waals surface area contributed by atoms with E-state index in [1.165, 1.54) is 0 Å². The minimum absolute atomic E-state index is 0.341.